The van der Waals surface area contributed by atoms with Crippen molar-refractivity contribution in [3.63, 3.8) is 0 Å². The molecule has 0 aromatic heterocycles. The lowest BCUT2D eigenvalue weighted by Gasteiger charge is -2.64. The van der Waals surface area contributed by atoms with Crippen molar-refractivity contribution in [2.24, 2.45) is 5.92 Å². The highest BCUT2D eigenvalue weighted by atomic mass is 16.5. The fourth-order valence-corrected chi connectivity index (χ4v) is 7.07. The SMILES string of the molecule is COC(=O)/C=C\C(=O)N[C@H]1CC[C@]2(O)[C@H]3Cc4ccc(O)c5c4[C@@]2(CCN3CC2CC2)[C@H]1O5. The van der Waals surface area contributed by atoms with Gasteiger partial charge in [-0.2, -0.15) is 0 Å². The Hall–Kier alpha value is -2.58. The van der Waals surface area contributed by atoms with Gasteiger partial charge in [-0.1, -0.05) is 6.07 Å². The smallest absolute Gasteiger partial charge is 0.330 e. The summed E-state index contributed by atoms with van der Waals surface area (Å²) in [6.07, 6.45) is 6.84. The van der Waals surface area contributed by atoms with Gasteiger partial charge in [0.1, 0.15) is 6.10 Å². The Labute approximate surface area is 192 Å². The molecular weight excluding hydrogens is 424 g/mol. The summed E-state index contributed by atoms with van der Waals surface area (Å²) in [6.45, 7) is 1.88. The van der Waals surface area contributed by atoms with Crippen LogP contribution in [0.1, 0.15) is 43.2 Å². The molecule has 33 heavy (non-hydrogen) atoms. The van der Waals surface area contributed by atoms with Crippen molar-refractivity contribution in [1.82, 2.24) is 10.2 Å². The molecule has 3 aliphatic carbocycles. The highest BCUT2D eigenvalue weighted by Gasteiger charge is 2.73. The van der Waals surface area contributed by atoms with Crippen LogP contribution < -0.4 is 10.1 Å². The van der Waals surface area contributed by atoms with Crippen LogP contribution in [0, 0.1) is 5.92 Å². The van der Waals surface area contributed by atoms with Crippen LogP contribution in [0.4, 0.5) is 0 Å². The number of nitrogens with one attached hydrogen (secondary N) is 1. The van der Waals surface area contributed by atoms with Gasteiger partial charge in [0.2, 0.25) is 5.91 Å². The average molecular weight is 455 g/mol. The number of piperidine rings is 1. The van der Waals surface area contributed by atoms with Gasteiger partial charge >= 0.3 is 5.97 Å². The van der Waals surface area contributed by atoms with Gasteiger partial charge in [0.15, 0.2) is 11.5 Å². The summed E-state index contributed by atoms with van der Waals surface area (Å²) in [5.41, 5.74) is 0.390. The number of hydrogen-bond acceptors (Lipinski definition) is 7. The van der Waals surface area contributed by atoms with Gasteiger partial charge in [0.05, 0.1) is 24.2 Å². The topological polar surface area (TPSA) is 108 Å². The third kappa shape index (κ3) is 2.89. The molecule has 176 valence electrons. The van der Waals surface area contributed by atoms with Crippen molar-refractivity contribution in [1.29, 1.82) is 0 Å². The number of aliphatic hydroxyl groups is 1. The Balaban J connectivity index is 1.38. The minimum atomic E-state index is -0.986. The van der Waals surface area contributed by atoms with Crippen LogP contribution in [-0.4, -0.2) is 71.0 Å². The molecule has 1 amide bonds. The van der Waals surface area contributed by atoms with Crippen molar-refractivity contribution in [3.8, 4) is 11.5 Å². The van der Waals surface area contributed by atoms with Gasteiger partial charge in [-0.15, -0.1) is 0 Å². The summed E-state index contributed by atoms with van der Waals surface area (Å²) in [5.74, 6) is 0.256. The quantitative estimate of drug-likeness (QED) is 0.453. The summed E-state index contributed by atoms with van der Waals surface area (Å²) >= 11 is 0. The van der Waals surface area contributed by atoms with Gasteiger partial charge in [-0.05, 0) is 62.6 Å². The van der Waals surface area contributed by atoms with E-state index in [9.17, 15) is 19.8 Å². The first-order valence-corrected chi connectivity index (χ1v) is 11.9. The van der Waals surface area contributed by atoms with E-state index in [0.717, 1.165) is 48.7 Å². The van der Waals surface area contributed by atoms with Crippen molar-refractivity contribution >= 4 is 11.9 Å². The first kappa shape index (κ1) is 21.0. The maximum atomic E-state index is 12.6. The standard InChI is InChI=1S/C25H30N2O6/c1-32-20(30)7-6-19(29)26-16-8-9-25(31)18-12-15-4-5-17(28)22-21(15)24(25,23(16)33-22)10-11-27(18)13-14-2-3-14/h4-7,14,16,18,23,28,31H,2-3,8-13H2,1H3,(H,26,29)/b7-6-/t16-,18+,23-,24-,25-/m0/s1. The Bertz CT molecular complexity index is 1050. The zero-order valence-electron chi connectivity index (χ0n) is 18.8. The Morgan fingerprint density at radius 2 is 2.09 bits per heavy atom. The monoisotopic (exact) mass is 454 g/mol. The van der Waals surface area contributed by atoms with Crippen LogP contribution in [0.2, 0.25) is 0 Å². The molecule has 2 saturated carbocycles. The molecule has 8 heteroatoms. The van der Waals surface area contributed by atoms with Crippen LogP contribution in [0.25, 0.3) is 0 Å². The van der Waals surface area contributed by atoms with Crippen LogP contribution >= 0.6 is 0 Å². The van der Waals surface area contributed by atoms with Crippen molar-refractivity contribution in [2.45, 2.75) is 67.7 Å². The summed E-state index contributed by atoms with van der Waals surface area (Å²) < 4.78 is 11.0. The fraction of sp³-hybridized carbons (Fsp3) is 0.600. The molecule has 0 unspecified atom stereocenters. The van der Waals surface area contributed by atoms with E-state index in [4.69, 9.17) is 4.74 Å². The number of rotatable bonds is 5. The number of aromatic hydroxyl groups is 1. The van der Waals surface area contributed by atoms with Crippen molar-refractivity contribution in [3.05, 3.63) is 35.4 Å². The lowest BCUT2D eigenvalue weighted by atomic mass is 9.48. The normalized spacial score (nSPS) is 36.2. The number of methoxy groups -OCH3 is 1. The number of benzene rings is 1. The van der Waals surface area contributed by atoms with E-state index < -0.39 is 29.0 Å². The number of nitrogens with zero attached hydrogens (tertiary/aromatic N) is 1. The Morgan fingerprint density at radius 3 is 2.85 bits per heavy atom. The maximum absolute atomic E-state index is 12.6. The second-order valence-corrected chi connectivity index (χ2v) is 10.3. The molecular formula is C25H30N2O6. The molecule has 2 aliphatic heterocycles. The van der Waals surface area contributed by atoms with E-state index in [2.05, 4.69) is 15.0 Å². The second kappa shape index (κ2) is 7.21. The first-order chi connectivity index (χ1) is 15.9. The number of esters is 1. The highest BCUT2D eigenvalue weighted by Crippen LogP contribution is 2.65. The van der Waals surface area contributed by atoms with Crippen LogP contribution in [0.5, 0.6) is 11.5 Å². The number of phenols is 1. The molecule has 3 fully saturated rings. The zero-order valence-corrected chi connectivity index (χ0v) is 18.8. The van der Waals surface area contributed by atoms with Crippen LogP contribution in [0.3, 0.4) is 0 Å². The Morgan fingerprint density at radius 1 is 1.27 bits per heavy atom. The number of phenolic OH excluding ortho intramolecular Hbond substituents is 1. The number of likely N-dealkylation sites (tertiary alicyclic amines) is 1. The zero-order chi connectivity index (χ0) is 23.0. The van der Waals surface area contributed by atoms with E-state index >= 15 is 0 Å². The molecule has 0 radical (unpaired) electrons. The van der Waals surface area contributed by atoms with Gasteiger partial charge in [0, 0.05) is 30.3 Å². The molecule has 6 rings (SSSR count). The van der Waals surface area contributed by atoms with Gasteiger partial charge in [-0.3, -0.25) is 9.69 Å². The summed E-state index contributed by atoms with van der Waals surface area (Å²) in [6, 6.07) is 3.29. The lowest BCUT2D eigenvalue weighted by molar-refractivity contribution is -0.192. The number of hydrogen-bond donors (Lipinski definition) is 3. The van der Waals surface area contributed by atoms with Gasteiger partial charge < -0.3 is 25.0 Å². The molecule has 1 spiro atoms. The number of ether oxygens (including phenoxy) is 2. The molecule has 1 saturated heterocycles. The third-order valence-electron chi connectivity index (χ3n) is 8.66. The number of carbonyl (C=O) groups excluding carboxylic acids is 2. The van der Waals surface area contributed by atoms with Crippen molar-refractivity contribution < 1.29 is 29.3 Å². The fourth-order valence-electron chi connectivity index (χ4n) is 7.07. The van der Waals surface area contributed by atoms with Crippen molar-refractivity contribution in [2.75, 3.05) is 20.2 Å². The largest absolute Gasteiger partial charge is 0.504 e. The van der Waals surface area contributed by atoms with Crippen LogP contribution in [0.15, 0.2) is 24.3 Å². The summed E-state index contributed by atoms with van der Waals surface area (Å²) in [5, 5.41) is 26.0. The maximum Gasteiger partial charge on any atom is 0.330 e. The average Bonchev–Trinajstić information content (AvgIpc) is 3.54. The predicted octanol–water partition coefficient (Wildman–Crippen LogP) is 1.17. The van der Waals surface area contributed by atoms with Gasteiger partial charge in [-0.25, -0.2) is 4.79 Å². The van der Waals surface area contributed by atoms with E-state index in [-0.39, 0.29) is 17.8 Å². The molecule has 3 N–H and O–H groups in total. The number of amides is 1. The summed E-state index contributed by atoms with van der Waals surface area (Å²) in [4.78, 5) is 26.4. The number of carbonyl (C=O) groups is 2. The minimum Gasteiger partial charge on any atom is -0.504 e. The Kier molecular flexibility index (Phi) is 4.58. The van der Waals surface area contributed by atoms with E-state index in [1.807, 2.05) is 6.07 Å². The lowest BCUT2D eigenvalue weighted by Crippen LogP contribution is -2.78. The molecule has 8 nitrogen and oxygen atoms in total. The molecule has 1 aromatic carbocycles. The highest BCUT2D eigenvalue weighted by molar-refractivity contribution is 5.94. The molecule has 5 aliphatic rings. The molecule has 2 bridgehead atoms. The third-order valence-corrected chi connectivity index (χ3v) is 8.66. The van der Waals surface area contributed by atoms with Gasteiger partial charge in [0.25, 0.3) is 0 Å². The minimum absolute atomic E-state index is 0.00295. The van der Waals surface area contributed by atoms with Crippen LogP contribution in [-0.2, 0) is 26.2 Å². The summed E-state index contributed by atoms with van der Waals surface area (Å²) in [7, 11) is 1.26. The van der Waals surface area contributed by atoms with E-state index in [1.54, 1.807) is 6.07 Å². The predicted molar refractivity (Wildman–Crippen MR) is 118 cm³/mol. The molecule has 2 heterocycles. The molecule has 1 aromatic rings. The first-order valence-electron chi connectivity index (χ1n) is 11.9. The second-order valence-electron chi connectivity index (χ2n) is 10.3. The van der Waals surface area contributed by atoms with E-state index in [1.165, 1.54) is 20.0 Å². The molecule has 5 atom stereocenters. The van der Waals surface area contributed by atoms with E-state index in [0.29, 0.717) is 25.0 Å².